The molecule has 1 aromatic carbocycles. The Kier molecular flexibility index (Phi) is 5.86. The molecule has 6 nitrogen and oxygen atoms in total. The van der Waals surface area contributed by atoms with Gasteiger partial charge in [-0.1, -0.05) is 12.1 Å². The van der Waals surface area contributed by atoms with Crippen LogP contribution in [0.3, 0.4) is 0 Å². The topological polar surface area (TPSA) is 69.0 Å². The summed E-state index contributed by atoms with van der Waals surface area (Å²) in [6.45, 7) is 7.04. The van der Waals surface area contributed by atoms with Gasteiger partial charge in [-0.2, -0.15) is 5.10 Å². The summed E-state index contributed by atoms with van der Waals surface area (Å²) in [6, 6.07) is 13.3. The number of hydrogen-bond donors (Lipinski definition) is 1. The van der Waals surface area contributed by atoms with Gasteiger partial charge in [-0.05, 0) is 56.7 Å². The molecule has 0 spiro atoms. The molecule has 2 aromatic heterocycles. The molecule has 1 amide bonds. The van der Waals surface area contributed by atoms with Gasteiger partial charge in [0, 0.05) is 17.5 Å². The van der Waals surface area contributed by atoms with E-state index in [1.54, 1.807) is 12.4 Å². The van der Waals surface area contributed by atoms with E-state index in [0.29, 0.717) is 24.4 Å². The van der Waals surface area contributed by atoms with Crippen LogP contribution in [-0.4, -0.2) is 33.3 Å². The molecule has 1 atom stereocenters. The van der Waals surface area contributed by atoms with E-state index >= 15 is 0 Å². The number of benzene rings is 1. The van der Waals surface area contributed by atoms with Gasteiger partial charge in [0.1, 0.15) is 11.9 Å². The molecule has 0 aliphatic rings. The van der Waals surface area contributed by atoms with E-state index in [9.17, 15) is 4.79 Å². The van der Waals surface area contributed by atoms with E-state index in [0.717, 1.165) is 17.0 Å². The maximum Gasteiger partial charge on any atom is 0.251 e. The summed E-state index contributed by atoms with van der Waals surface area (Å²) in [5, 5.41) is 7.36. The van der Waals surface area contributed by atoms with Crippen molar-refractivity contribution in [2.24, 2.45) is 0 Å². The van der Waals surface area contributed by atoms with Gasteiger partial charge in [0.15, 0.2) is 0 Å². The highest BCUT2D eigenvalue weighted by Gasteiger charge is 2.10. The summed E-state index contributed by atoms with van der Waals surface area (Å²) in [5.74, 6) is 0.571. The number of pyridine rings is 1. The zero-order valence-electron chi connectivity index (χ0n) is 15.8. The largest absolute Gasteiger partial charge is 0.487 e. The quantitative estimate of drug-likeness (QED) is 0.699. The van der Waals surface area contributed by atoms with Crippen molar-refractivity contribution in [1.29, 1.82) is 0 Å². The van der Waals surface area contributed by atoms with Crippen molar-refractivity contribution >= 4 is 5.91 Å². The van der Waals surface area contributed by atoms with E-state index in [-0.39, 0.29) is 12.0 Å². The molecule has 1 unspecified atom stereocenters. The maximum atomic E-state index is 12.3. The van der Waals surface area contributed by atoms with Gasteiger partial charge < -0.3 is 10.1 Å². The third kappa shape index (κ3) is 5.17. The van der Waals surface area contributed by atoms with Crippen molar-refractivity contribution in [3.63, 3.8) is 0 Å². The molecule has 140 valence electrons. The number of nitrogens with zero attached hydrogens (tertiary/aromatic N) is 3. The molecule has 0 bridgehead atoms. The van der Waals surface area contributed by atoms with Crippen LogP contribution in [-0.2, 0) is 6.54 Å². The fourth-order valence-electron chi connectivity index (χ4n) is 2.80. The van der Waals surface area contributed by atoms with Crippen molar-refractivity contribution in [3.8, 4) is 5.75 Å². The van der Waals surface area contributed by atoms with Crippen LogP contribution < -0.4 is 10.1 Å². The summed E-state index contributed by atoms with van der Waals surface area (Å²) in [7, 11) is 0. The summed E-state index contributed by atoms with van der Waals surface area (Å²) in [6.07, 6.45) is 3.20. The lowest BCUT2D eigenvalue weighted by Gasteiger charge is -2.15. The number of carbonyl (C=O) groups excluding carboxylic acids is 1. The lowest BCUT2D eigenvalue weighted by molar-refractivity contribution is 0.0932. The van der Waals surface area contributed by atoms with E-state index in [1.807, 2.05) is 61.9 Å². The normalized spacial score (nSPS) is 11.8. The van der Waals surface area contributed by atoms with E-state index in [1.165, 1.54) is 0 Å². The highest BCUT2D eigenvalue weighted by molar-refractivity contribution is 5.94. The van der Waals surface area contributed by atoms with Crippen LogP contribution in [0.4, 0.5) is 0 Å². The number of amides is 1. The minimum atomic E-state index is -0.150. The van der Waals surface area contributed by atoms with E-state index in [2.05, 4.69) is 21.5 Å². The van der Waals surface area contributed by atoms with Crippen LogP contribution in [0.15, 0.2) is 54.9 Å². The van der Waals surface area contributed by atoms with E-state index in [4.69, 9.17) is 4.74 Å². The number of aryl methyl sites for hydroxylation is 2. The minimum absolute atomic E-state index is 0.116. The Morgan fingerprint density at radius 2 is 2.00 bits per heavy atom. The summed E-state index contributed by atoms with van der Waals surface area (Å²) in [5.41, 5.74) is 3.86. The fourth-order valence-corrected chi connectivity index (χ4v) is 2.80. The highest BCUT2D eigenvalue weighted by atomic mass is 16.5. The first-order valence-electron chi connectivity index (χ1n) is 8.96. The third-order valence-corrected chi connectivity index (χ3v) is 4.17. The Hall–Kier alpha value is -3.15. The van der Waals surface area contributed by atoms with Gasteiger partial charge in [-0.25, -0.2) is 0 Å². The SMILES string of the molecule is Cc1cc(C)n(Cc2ccc(C(=O)NCC(C)Oc3cccnc3)cc2)n1. The summed E-state index contributed by atoms with van der Waals surface area (Å²) in [4.78, 5) is 16.3. The van der Waals surface area contributed by atoms with Gasteiger partial charge in [-0.15, -0.1) is 0 Å². The van der Waals surface area contributed by atoms with Gasteiger partial charge in [0.25, 0.3) is 5.91 Å². The number of ether oxygens (including phenoxy) is 1. The molecule has 3 aromatic rings. The van der Waals surface area contributed by atoms with Crippen molar-refractivity contribution < 1.29 is 9.53 Å². The molecule has 0 saturated heterocycles. The van der Waals surface area contributed by atoms with E-state index < -0.39 is 0 Å². The fraction of sp³-hybridized carbons (Fsp3) is 0.286. The number of hydrogen-bond acceptors (Lipinski definition) is 4. The molecule has 3 rings (SSSR count). The molecular formula is C21H24N4O2. The molecule has 27 heavy (non-hydrogen) atoms. The number of carbonyl (C=O) groups is 1. The Balaban J connectivity index is 1.52. The molecule has 1 N–H and O–H groups in total. The van der Waals surface area contributed by atoms with Crippen LogP contribution in [0.25, 0.3) is 0 Å². The second-order valence-corrected chi connectivity index (χ2v) is 6.61. The first kappa shape index (κ1) is 18.6. The molecule has 6 heteroatoms. The molecule has 0 aliphatic heterocycles. The first-order chi connectivity index (χ1) is 13.0. The Morgan fingerprint density at radius 1 is 1.22 bits per heavy atom. The van der Waals surface area contributed by atoms with Gasteiger partial charge in [0.05, 0.1) is 25.0 Å². The molecular weight excluding hydrogens is 340 g/mol. The molecule has 2 heterocycles. The Labute approximate surface area is 159 Å². The first-order valence-corrected chi connectivity index (χ1v) is 8.96. The maximum absolute atomic E-state index is 12.3. The molecule has 0 saturated carbocycles. The lowest BCUT2D eigenvalue weighted by Crippen LogP contribution is -2.33. The predicted molar refractivity (Wildman–Crippen MR) is 104 cm³/mol. The van der Waals surface area contributed by atoms with Crippen LogP contribution in [0.1, 0.15) is 34.2 Å². The second-order valence-electron chi connectivity index (χ2n) is 6.61. The monoisotopic (exact) mass is 364 g/mol. The molecule has 0 aliphatic carbocycles. The zero-order chi connectivity index (χ0) is 19.2. The molecule has 0 radical (unpaired) electrons. The van der Waals surface area contributed by atoms with Crippen LogP contribution in [0.2, 0.25) is 0 Å². The van der Waals surface area contributed by atoms with Gasteiger partial charge >= 0.3 is 0 Å². The average Bonchev–Trinajstić information content (AvgIpc) is 2.98. The number of aromatic nitrogens is 3. The van der Waals surface area contributed by atoms with Crippen LogP contribution >= 0.6 is 0 Å². The number of nitrogens with one attached hydrogen (secondary N) is 1. The van der Waals surface area contributed by atoms with Crippen molar-refractivity contribution in [3.05, 3.63) is 77.4 Å². The smallest absolute Gasteiger partial charge is 0.251 e. The second kappa shape index (κ2) is 8.49. The van der Waals surface area contributed by atoms with Crippen molar-refractivity contribution in [2.75, 3.05) is 6.54 Å². The van der Waals surface area contributed by atoms with Crippen molar-refractivity contribution in [2.45, 2.75) is 33.4 Å². The average molecular weight is 364 g/mol. The number of rotatable bonds is 7. The lowest BCUT2D eigenvalue weighted by atomic mass is 10.1. The van der Waals surface area contributed by atoms with Gasteiger partial charge in [-0.3, -0.25) is 14.5 Å². The third-order valence-electron chi connectivity index (χ3n) is 4.17. The summed E-state index contributed by atoms with van der Waals surface area (Å²) >= 11 is 0. The van der Waals surface area contributed by atoms with Crippen LogP contribution in [0.5, 0.6) is 5.75 Å². The zero-order valence-corrected chi connectivity index (χ0v) is 15.8. The summed E-state index contributed by atoms with van der Waals surface area (Å²) < 4.78 is 7.67. The Bertz CT molecular complexity index is 888. The molecule has 0 fully saturated rings. The van der Waals surface area contributed by atoms with Crippen molar-refractivity contribution in [1.82, 2.24) is 20.1 Å². The Morgan fingerprint density at radius 3 is 2.63 bits per heavy atom. The highest BCUT2D eigenvalue weighted by Crippen LogP contribution is 2.10. The predicted octanol–water partition coefficient (Wildman–Crippen LogP) is 3.14. The minimum Gasteiger partial charge on any atom is -0.487 e. The van der Waals surface area contributed by atoms with Gasteiger partial charge in [0.2, 0.25) is 0 Å². The van der Waals surface area contributed by atoms with Crippen LogP contribution in [0, 0.1) is 13.8 Å². The standard InChI is InChI=1S/C21H24N4O2/c1-15-11-16(2)25(24-15)14-18-6-8-19(9-7-18)21(26)23-12-17(3)27-20-5-4-10-22-13-20/h4-11,13,17H,12,14H2,1-3H3,(H,23,26).